The molecule has 0 aliphatic rings. The van der Waals surface area contributed by atoms with Crippen LogP contribution < -0.4 is 14.4 Å². The molecule has 2 aromatic carbocycles. The van der Waals surface area contributed by atoms with Crippen LogP contribution in [0.15, 0.2) is 42.5 Å². The normalized spacial score (nSPS) is 12.2. The third-order valence-corrected chi connectivity index (χ3v) is 7.51. The number of nitrogens with zero attached hydrogens (tertiary/aromatic N) is 2. The Morgan fingerprint density at radius 1 is 1.05 bits per heavy atom. The lowest BCUT2D eigenvalue weighted by atomic mass is 10.1. The number of hydrogen-bond donors (Lipinski definition) is 1. The van der Waals surface area contributed by atoms with E-state index in [1.54, 1.807) is 18.1 Å². The third-order valence-electron chi connectivity index (χ3n) is 6.33. The summed E-state index contributed by atoms with van der Waals surface area (Å²) in [7, 11) is -1.96. The average Bonchev–Trinajstić information content (AvgIpc) is 2.83. The van der Waals surface area contributed by atoms with Crippen LogP contribution in [0.5, 0.6) is 5.75 Å². The molecule has 2 rings (SSSR count). The standard InChI is InChI=1S/C28H41N3O5S/c1-8-25(28(33)29-20(2)3)30(19-23-14-16-24(36-6)17-15-23)27(32)13-10-18-31(37(7,34)35)26-12-9-11-21(4)22(26)5/h9,11-12,14-17,20,25H,8,10,13,18-19H2,1-7H3,(H,29,33)/t25-/m0/s1. The molecule has 0 radical (unpaired) electrons. The number of hydrogen-bond acceptors (Lipinski definition) is 5. The van der Waals surface area contributed by atoms with E-state index in [-0.39, 0.29) is 37.4 Å². The maximum absolute atomic E-state index is 13.5. The number of amides is 2. The highest BCUT2D eigenvalue weighted by molar-refractivity contribution is 7.92. The van der Waals surface area contributed by atoms with Crippen LogP contribution in [0.1, 0.15) is 56.7 Å². The van der Waals surface area contributed by atoms with Gasteiger partial charge in [-0.25, -0.2) is 8.42 Å². The Morgan fingerprint density at radius 3 is 2.24 bits per heavy atom. The molecule has 0 aliphatic carbocycles. The van der Waals surface area contributed by atoms with Crippen molar-refractivity contribution in [3.8, 4) is 5.75 Å². The first kappa shape index (κ1) is 30.2. The van der Waals surface area contributed by atoms with Gasteiger partial charge in [0.15, 0.2) is 0 Å². The predicted octanol–water partition coefficient (Wildman–Crippen LogP) is 4.19. The summed E-state index contributed by atoms with van der Waals surface area (Å²) in [5, 5.41) is 2.92. The molecule has 1 N–H and O–H groups in total. The highest BCUT2D eigenvalue weighted by Gasteiger charge is 2.29. The minimum atomic E-state index is -3.55. The van der Waals surface area contributed by atoms with Crippen molar-refractivity contribution in [3.05, 3.63) is 59.2 Å². The largest absolute Gasteiger partial charge is 0.497 e. The van der Waals surface area contributed by atoms with E-state index in [0.717, 1.165) is 16.7 Å². The van der Waals surface area contributed by atoms with Crippen LogP contribution in [0, 0.1) is 13.8 Å². The van der Waals surface area contributed by atoms with E-state index in [9.17, 15) is 18.0 Å². The molecule has 0 spiro atoms. The fourth-order valence-corrected chi connectivity index (χ4v) is 5.23. The van der Waals surface area contributed by atoms with Crippen molar-refractivity contribution in [2.75, 3.05) is 24.2 Å². The number of sulfonamides is 1. The SMILES string of the molecule is CC[C@@H](C(=O)NC(C)C)N(Cc1ccc(OC)cc1)C(=O)CCCN(c1cccc(C)c1C)S(C)(=O)=O. The van der Waals surface area contributed by atoms with Crippen molar-refractivity contribution >= 4 is 27.5 Å². The van der Waals surface area contributed by atoms with Crippen LogP contribution in [0.2, 0.25) is 0 Å². The number of methoxy groups -OCH3 is 1. The van der Waals surface area contributed by atoms with Crippen molar-refractivity contribution < 1.29 is 22.7 Å². The molecule has 9 heteroatoms. The molecule has 2 amide bonds. The maximum Gasteiger partial charge on any atom is 0.243 e. The summed E-state index contributed by atoms with van der Waals surface area (Å²) in [6, 6.07) is 12.2. The van der Waals surface area contributed by atoms with Crippen LogP contribution in [0.3, 0.4) is 0 Å². The summed E-state index contributed by atoms with van der Waals surface area (Å²) >= 11 is 0. The Bertz CT molecular complexity index is 1160. The molecule has 0 unspecified atom stereocenters. The first-order chi connectivity index (χ1) is 17.4. The van der Waals surface area contributed by atoms with Gasteiger partial charge in [0.05, 0.1) is 19.1 Å². The number of benzene rings is 2. The van der Waals surface area contributed by atoms with Gasteiger partial charge in [0.2, 0.25) is 21.8 Å². The van der Waals surface area contributed by atoms with E-state index in [1.165, 1.54) is 10.6 Å². The molecule has 2 aromatic rings. The molecule has 0 bridgehead atoms. The smallest absolute Gasteiger partial charge is 0.243 e. The van der Waals surface area contributed by atoms with E-state index in [1.807, 2.05) is 71.0 Å². The van der Waals surface area contributed by atoms with Gasteiger partial charge < -0.3 is 15.0 Å². The lowest BCUT2D eigenvalue weighted by molar-refractivity contribution is -0.141. The van der Waals surface area contributed by atoms with Gasteiger partial charge >= 0.3 is 0 Å². The van der Waals surface area contributed by atoms with Gasteiger partial charge in [-0.15, -0.1) is 0 Å². The van der Waals surface area contributed by atoms with Gasteiger partial charge in [-0.2, -0.15) is 0 Å². The van der Waals surface area contributed by atoms with Crippen molar-refractivity contribution in [1.82, 2.24) is 10.2 Å². The quantitative estimate of drug-likeness (QED) is 0.418. The zero-order chi connectivity index (χ0) is 27.8. The van der Waals surface area contributed by atoms with E-state index < -0.39 is 16.1 Å². The van der Waals surface area contributed by atoms with E-state index in [2.05, 4.69) is 5.32 Å². The summed E-state index contributed by atoms with van der Waals surface area (Å²) < 4.78 is 31.8. The first-order valence-electron chi connectivity index (χ1n) is 12.7. The molecule has 37 heavy (non-hydrogen) atoms. The zero-order valence-electron chi connectivity index (χ0n) is 23.1. The molecular weight excluding hydrogens is 490 g/mol. The van der Waals surface area contributed by atoms with Gasteiger partial charge in [0.1, 0.15) is 11.8 Å². The zero-order valence-corrected chi connectivity index (χ0v) is 23.9. The monoisotopic (exact) mass is 531 g/mol. The van der Waals surface area contributed by atoms with Crippen LogP contribution in [-0.2, 0) is 26.2 Å². The second-order valence-corrected chi connectivity index (χ2v) is 11.5. The molecule has 204 valence electrons. The van der Waals surface area contributed by atoms with E-state index >= 15 is 0 Å². The number of carbonyl (C=O) groups excluding carboxylic acids is 2. The third kappa shape index (κ3) is 8.49. The molecule has 0 aromatic heterocycles. The fraction of sp³-hybridized carbons (Fsp3) is 0.500. The molecule has 0 heterocycles. The number of aryl methyl sites for hydroxylation is 1. The lowest BCUT2D eigenvalue weighted by Crippen LogP contribution is -2.50. The fourth-order valence-electron chi connectivity index (χ4n) is 4.22. The van der Waals surface area contributed by atoms with Crippen molar-refractivity contribution in [2.45, 2.75) is 72.5 Å². The topological polar surface area (TPSA) is 96.0 Å². The molecule has 0 aliphatic heterocycles. The van der Waals surface area contributed by atoms with Gasteiger partial charge in [-0.05, 0) is 75.4 Å². The Kier molecular flexibility index (Phi) is 11.0. The number of carbonyl (C=O) groups is 2. The number of anilines is 1. The van der Waals surface area contributed by atoms with E-state index in [4.69, 9.17) is 4.74 Å². The Morgan fingerprint density at radius 2 is 1.70 bits per heavy atom. The lowest BCUT2D eigenvalue weighted by Gasteiger charge is -2.32. The minimum absolute atomic E-state index is 0.0552. The Hall–Kier alpha value is -3.07. The van der Waals surface area contributed by atoms with Gasteiger partial charge in [0.25, 0.3) is 0 Å². The van der Waals surface area contributed by atoms with E-state index in [0.29, 0.717) is 24.3 Å². The Balaban J connectivity index is 2.25. The van der Waals surface area contributed by atoms with Crippen LogP contribution >= 0.6 is 0 Å². The summed E-state index contributed by atoms with van der Waals surface area (Å²) in [5.74, 6) is 0.307. The summed E-state index contributed by atoms with van der Waals surface area (Å²) in [4.78, 5) is 28.1. The first-order valence-corrected chi connectivity index (χ1v) is 14.5. The minimum Gasteiger partial charge on any atom is -0.497 e. The van der Waals surface area contributed by atoms with Crippen LogP contribution in [0.4, 0.5) is 5.69 Å². The number of rotatable bonds is 13. The number of ether oxygens (including phenoxy) is 1. The Labute approximate surface area is 222 Å². The summed E-state index contributed by atoms with van der Waals surface area (Å²) in [6.07, 6.45) is 2.06. The molecule has 0 saturated heterocycles. The van der Waals surface area contributed by atoms with Crippen LogP contribution in [0.25, 0.3) is 0 Å². The van der Waals surface area contributed by atoms with Gasteiger partial charge in [-0.1, -0.05) is 31.2 Å². The molecule has 0 fully saturated rings. The van der Waals surface area contributed by atoms with Gasteiger partial charge in [0, 0.05) is 25.6 Å². The van der Waals surface area contributed by atoms with Crippen molar-refractivity contribution in [1.29, 1.82) is 0 Å². The molecular formula is C28H41N3O5S. The van der Waals surface area contributed by atoms with Crippen LogP contribution in [-0.4, -0.2) is 57.1 Å². The summed E-state index contributed by atoms with van der Waals surface area (Å²) in [5.41, 5.74) is 3.37. The van der Waals surface area contributed by atoms with Crippen molar-refractivity contribution in [2.24, 2.45) is 0 Å². The highest BCUT2D eigenvalue weighted by atomic mass is 32.2. The summed E-state index contributed by atoms with van der Waals surface area (Å²) in [6.45, 7) is 9.90. The van der Waals surface area contributed by atoms with Gasteiger partial charge in [-0.3, -0.25) is 13.9 Å². The highest BCUT2D eigenvalue weighted by Crippen LogP contribution is 2.26. The molecule has 0 saturated carbocycles. The molecule has 8 nitrogen and oxygen atoms in total. The second-order valence-electron chi connectivity index (χ2n) is 9.61. The predicted molar refractivity (Wildman–Crippen MR) is 148 cm³/mol. The molecule has 1 atom stereocenters. The van der Waals surface area contributed by atoms with Crippen molar-refractivity contribution in [3.63, 3.8) is 0 Å². The average molecular weight is 532 g/mol. The maximum atomic E-state index is 13.5. The second kappa shape index (κ2) is 13.5. The number of nitrogens with one attached hydrogen (secondary N) is 1.